The van der Waals surface area contributed by atoms with Crippen LogP contribution in [0.15, 0.2) is 12.7 Å². The lowest BCUT2D eigenvalue weighted by Crippen LogP contribution is -2.50. The maximum absolute atomic E-state index is 11.9. The van der Waals surface area contributed by atoms with Crippen molar-refractivity contribution >= 4 is 5.91 Å². The lowest BCUT2D eigenvalue weighted by Gasteiger charge is -2.35. The van der Waals surface area contributed by atoms with Gasteiger partial charge in [-0.1, -0.05) is 6.08 Å². The van der Waals surface area contributed by atoms with E-state index in [0.29, 0.717) is 6.42 Å². The van der Waals surface area contributed by atoms with Crippen LogP contribution in [0, 0.1) is 0 Å². The van der Waals surface area contributed by atoms with Crippen molar-refractivity contribution in [3.05, 3.63) is 12.7 Å². The first kappa shape index (κ1) is 13.2. The smallest absolute Gasteiger partial charge is 0.224 e. The van der Waals surface area contributed by atoms with Crippen molar-refractivity contribution in [2.24, 2.45) is 5.73 Å². The molecule has 16 heavy (non-hydrogen) atoms. The van der Waals surface area contributed by atoms with Gasteiger partial charge in [-0.3, -0.25) is 9.69 Å². The fourth-order valence-corrected chi connectivity index (χ4v) is 1.86. The van der Waals surface area contributed by atoms with Gasteiger partial charge in [0.25, 0.3) is 0 Å². The van der Waals surface area contributed by atoms with Gasteiger partial charge in [0, 0.05) is 44.7 Å². The highest BCUT2D eigenvalue weighted by molar-refractivity contribution is 5.77. The van der Waals surface area contributed by atoms with Gasteiger partial charge < -0.3 is 10.6 Å². The van der Waals surface area contributed by atoms with E-state index < -0.39 is 5.54 Å². The van der Waals surface area contributed by atoms with Crippen molar-refractivity contribution < 1.29 is 4.79 Å². The van der Waals surface area contributed by atoms with Gasteiger partial charge in [0.2, 0.25) is 5.91 Å². The second-order valence-corrected chi connectivity index (χ2v) is 5.14. The molecule has 1 amide bonds. The van der Waals surface area contributed by atoms with Crippen LogP contribution in [0.25, 0.3) is 0 Å². The van der Waals surface area contributed by atoms with Crippen LogP contribution in [0.5, 0.6) is 0 Å². The molecule has 0 unspecified atom stereocenters. The number of carbonyl (C=O) groups is 1. The fourth-order valence-electron chi connectivity index (χ4n) is 1.86. The number of hydrogen-bond donors (Lipinski definition) is 1. The van der Waals surface area contributed by atoms with Gasteiger partial charge in [0.15, 0.2) is 0 Å². The van der Waals surface area contributed by atoms with Crippen LogP contribution in [-0.4, -0.2) is 54.0 Å². The van der Waals surface area contributed by atoms with Crippen molar-refractivity contribution in [1.82, 2.24) is 9.80 Å². The summed E-state index contributed by atoms with van der Waals surface area (Å²) in [6.07, 6.45) is 2.33. The van der Waals surface area contributed by atoms with Gasteiger partial charge in [0.05, 0.1) is 0 Å². The minimum Gasteiger partial charge on any atom is -0.340 e. The third kappa shape index (κ3) is 4.33. The molecule has 4 heteroatoms. The Morgan fingerprint density at radius 3 is 2.38 bits per heavy atom. The summed E-state index contributed by atoms with van der Waals surface area (Å²) in [6.45, 7) is 11.9. The summed E-state index contributed by atoms with van der Waals surface area (Å²) in [4.78, 5) is 16.1. The Kier molecular flexibility index (Phi) is 4.50. The molecule has 1 rings (SSSR count). The van der Waals surface area contributed by atoms with E-state index in [4.69, 9.17) is 5.73 Å². The van der Waals surface area contributed by atoms with E-state index >= 15 is 0 Å². The molecule has 2 N–H and O–H groups in total. The van der Waals surface area contributed by atoms with Crippen LogP contribution in [-0.2, 0) is 4.79 Å². The van der Waals surface area contributed by atoms with Gasteiger partial charge in [-0.25, -0.2) is 0 Å². The molecular formula is C12H23N3O. The third-order valence-electron chi connectivity index (χ3n) is 2.72. The van der Waals surface area contributed by atoms with Crippen molar-refractivity contribution in [3.8, 4) is 0 Å². The number of amides is 1. The molecule has 1 aliphatic heterocycles. The molecule has 0 aromatic heterocycles. The van der Waals surface area contributed by atoms with Gasteiger partial charge in [-0.2, -0.15) is 0 Å². The van der Waals surface area contributed by atoms with Crippen LogP contribution < -0.4 is 5.73 Å². The summed E-state index contributed by atoms with van der Waals surface area (Å²) in [5.41, 5.74) is 5.44. The lowest BCUT2D eigenvalue weighted by molar-refractivity contribution is -0.133. The monoisotopic (exact) mass is 225 g/mol. The number of hydrogen-bond acceptors (Lipinski definition) is 3. The highest BCUT2D eigenvalue weighted by atomic mass is 16.2. The first-order valence-corrected chi connectivity index (χ1v) is 5.82. The summed E-state index contributed by atoms with van der Waals surface area (Å²) in [5, 5.41) is 0. The zero-order valence-corrected chi connectivity index (χ0v) is 10.4. The molecular weight excluding hydrogens is 202 g/mol. The minimum atomic E-state index is -0.407. The second-order valence-electron chi connectivity index (χ2n) is 5.14. The van der Waals surface area contributed by atoms with Gasteiger partial charge >= 0.3 is 0 Å². The summed E-state index contributed by atoms with van der Waals surface area (Å²) in [5.74, 6) is 0.172. The number of carbonyl (C=O) groups excluding carboxylic acids is 1. The van der Waals surface area contributed by atoms with Crippen LogP contribution in [0.1, 0.15) is 20.3 Å². The van der Waals surface area contributed by atoms with E-state index in [-0.39, 0.29) is 5.91 Å². The number of piperazine rings is 1. The topological polar surface area (TPSA) is 49.6 Å². The number of nitrogens with zero attached hydrogens (tertiary/aromatic N) is 2. The molecule has 1 fully saturated rings. The molecule has 0 radical (unpaired) electrons. The molecule has 0 aromatic carbocycles. The predicted molar refractivity (Wildman–Crippen MR) is 66.1 cm³/mol. The first-order valence-electron chi connectivity index (χ1n) is 5.82. The van der Waals surface area contributed by atoms with Crippen LogP contribution in [0.2, 0.25) is 0 Å². The van der Waals surface area contributed by atoms with Crippen molar-refractivity contribution in [3.63, 3.8) is 0 Å². The van der Waals surface area contributed by atoms with E-state index in [1.54, 1.807) is 0 Å². The summed E-state index contributed by atoms with van der Waals surface area (Å²) >= 11 is 0. The average Bonchev–Trinajstić information content (AvgIpc) is 2.16. The third-order valence-corrected chi connectivity index (χ3v) is 2.72. The van der Waals surface area contributed by atoms with E-state index in [1.807, 2.05) is 24.8 Å². The molecule has 0 aromatic rings. The normalized spacial score (nSPS) is 18.6. The van der Waals surface area contributed by atoms with Crippen molar-refractivity contribution in [1.29, 1.82) is 0 Å². The Morgan fingerprint density at radius 2 is 1.94 bits per heavy atom. The summed E-state index contributed by atoms with van der Waals surface area (Å²) in [7, 11) is 0. The quantitative estimate of drug-likeness (QED) is 0.707. The number of rotatable bonds is 4. The molecule has 4 nitrogen and oxygen atoms in total. The van der Waals surface area contributed by atoms with E-state index in [9.17, 15) is 4.79 Å². The summed E-state index contributed by atoms with van der Waals surface area (Å²) in [6, 6.07) is 0. The Bertz CT molecular complexity index is 249. The second kappa shape index (κ2) is 5.46. The molecule has 92 valence electrons. The van der Waals surface area contributed by atoms with Crippen LogP contribution in [0.3, 0.4) is 0 Å². The Morgan fingerprint density at radius 1 is 1.38 bits per heavy atom. The van der Waals surface area contributed by atoms with E-state index in [1.165, 1.54) is 0 Å². The Labute approximate surface area is 98.1 Å². The van der Waals surface area contributed by atoms with Gasteiger partial charge in [0.1, 0.15) is 0 Å². The van der Waals surface area contributed by atoms with Crippen molar-refractivity contribution in [2.75, 3.05) is 32.7 Å². The predicted octanol–water partition coefficient (Wildman–Crippen LogP) is 0.444. The number of nitrogens with two attached hydrogens (primary N) is 1. The SMILES string of the molecule is C=CCN1CCN(C(=O)CC(C)(C)N)CC1. The van der Waals surface area contributed by atoms with E-state index in [0.717, 1.165) is 32.7 Å². The first-order chi connectivity index (χ1) is 7.42. The maximum Gasteiger partial charge on any atom is 0.224 e. The highest BCUT2D eigenvalue weighted by Gasteiger charge is 2.24. The van der Waals surface area contributed by atoms with Gasteiger partial charge in [-0.15, -0.1) is 6.58 Å². The van der Waals surface area contributed by atoms with Gasteiger partial charge in [-0.05, 0) is 13.8 Å². The molecule has 1 heterocycles. The Balaban J connectivity index is 2.36. The molecule has 0 bridgehead atoms. The molecule has 0 aliphatic carbocycles. The molecule has 0 saturated carbocycles. The van der Waals surface area contributed by atoms with Crippen LogP contribution in [0.4, 0.5) is 0 Å². The zero-order chi connectivity index (χ0) is 12.2. The molecule has 0 spiro atoms. The molecule has 0 atom stereocenters. The molecule has 1 saturated heterocycles. The molecule has 1 aliphatic rings. The lowest BCUT2D eigenvalue weighted by atomic mass is 10.0. The maximum atomic E-state index is 11.9. The van der Waals surface area contributed by atoms with Crippen molar-refractivity contribution in [2.45, 2.75) is 25.8 Å². The Hall–Kier alpha value is -0.870. The fraction of sp³-hybridized carbons (Fsp3) is 0.750. The van der Waals surface area contributed by atoms with E-state index in [2.05, 4.69) is 11.5 Å². The minimum absolute atomic E-state index is 0.172. The largest absolute Gasteiger partial charge is 0.340 e. The zero-order valence-electron chi connectivity index (χ0n) is 10.4. The van der Waals surface area contributed by atoms with Crippen LogP contribution >= 0.6 is 0 Å². The highest BCUT2D eigenvalue weighted by Crippen LogP contribution is 2.09. The summed E-state index contributed by atoms with van der Waals surface area (Å²) < 4.78 is 0. The average molecular weight is 225 g/mol. The standard InChI is InChI=1S/C12H23N3O/c1-4-5-14-6-8-15(9-7-14)11(16)10-12(2,3)13/h4H,1,5-10,13H2,2-3H3.